The highest BCUT2D eigenvalue weighted by atomic mass is 19.3. The summed E-state index contributed by atoms with van der Waals surface area (Å²) in [5, 5.41) is 2.94. The van der Waals surface area contributed by atoms with Crippen LogP contribution in [0, 0.1) is 0 Å². The summed E-state index contributed by atoms with van der Waals surface area (Å²) in [6.45, 7) is 4.02. The zero-order valence-electron chi connectivity index (χ0n) is 8.32. The van der Waals surface area contributed by atoms with Crippen LogP contribution in [0.3, 0.4) is 0 Å². The first-order valence-electron chi connectivity index (χ1n) is 4.82. The van der Waals surface area contributed by atoms with Crippen LogP contribution in [-0.2, 0) is 0 Å². The van der Waals surface area contributed by atoms with E-state index in [0.717, 1.165) is 13.1 Å². The minimum atomic E-state index is -2.25. The molecule has 0 aliphatic carbocycles. The van der Waals surface area contributed by atoms with Crippen molar-refractivity contribution >= 4 is 0 Å². The molecule has 78 valence electrons. The van der Waals surface area contributed by atoms with Crippen LogP contribution in [0.5, 0.6) is 0 Å². The number of likely N-dealkylation sites (tertiary alicyclic amines) is 1. The average Bonchev–Trinajstić information content (AvgIpc) is 2.09. The minimum absolute atomic E-state index is 0.551. The Morgan fingerprint density at radius 2 is 1.92 bits per heavy atom. The maximum absolute atomic E-state index is 12.8. The van der Waals surface area contributed by atoms with Crippen LogP contribution in [0.2, 0.25) is 0 Å². The van der Waals surface area contributed by atoms with E-state index < -0.39 is 12.0 Å². The summed E-state index contributed by atoms with van der Waals surface area (Å²) in [5.41, 5.74) is -0.915. The van der Waals surface area contributed by atoms with E-state index in [4.69, 9.17) is 0 Å². The van der Waals surface area contributed by atoms with Gasteiger partial charge in [0.2, 0.25) is 0 Å². The molecule has 1 saturated heterocycles. The van der Waals surface area contributed by atoms with E-state index in [0.29, 0.717) is 19.4 Å². The SMILES string of the molecule is CCNC1(C(F)F)CCN(C)CC1. The molecule has 13 heavy (non-hydrogen) atoms. The van der Waals surface area contributed by atoms with Crippen molar-refractivity contribution in [2.75, 3.05) is 26.7 Å². The fraction of sp³-hybridized carbons (Fsp3) is 1.00. The second kappa shape index (κ2) is 4.33. The molecule has 0 spiro atoms. The third-order valence-corrected chi connectivity index (χ3v) is 2.83. The molecule has 1 heterocycles. The van der Waals surface area contributed by atoms with Crippen LogP contribution >= 0.6 is 0 Å². The van der Waals surface area contributed by atoms with Crippen molar-refractivity contribution in [1.82, 2.24) is 10.2 Å². The minimum Gasteiger partial charge on any atom is -0.307 e. The Balaban J connectivity index is 2.58. The lowest BCUT2D eigenvalue weighted by molar-refractivity contribution is -0.00584. The number of alkyl halides is 2. The summed E-state index contributed by atoms with van der Waals surface area (Å²) in [6.07, 6.45) is -1.15. The molecular formula is C9H18F2N2. The summed E-state index contributed by atoms with van der Waals surface area (Å²) in [4.78, 5) is 2.10. The van der Waals surface area contributed by atoms with Crippen molar-refractivity contribution in [3.8, 4) is 0 Å². The van der Waals surface area contributed by atoms with Gasteiger partial charge in [0, 0.05) is 0 Å². The van der Waals surface area contributed by atoms with Crippen LogP contribution in [0.25, 0.3) is 0 Å². The molecule has 0 radical (unpaired) electrons. The Hall–Kier alpha value is -0.220. The molecule has 0 aromatic heterocycles. The first-order valence-corrected chi connectivity index (χ1v) is 4.82. The summed E-state index contributed by atoms with van der Waals surface area (Å²) in [7, 11) is 1.97. The van der Waals surface area contributed by atoms with Crippen molar-refractivity contribution in [3.05, 3.63) is 0 Å². The molecule has 1 aliphatic rings. The van der Waals surface area contributed by atoms with Crippen molar-refractivity contribution in [3.63, 3.8) is 0 Å². The average molecular weight is 192 g/mol. The maximum Gasteiger partial charge on any atom is 0.256 e. The quantitative estimate of drug-likeness (QED) is 0.725. The monoisotopic (exact) mass is 192 g/mol. The number of nitrogens with zero attached hydrogens (tertiary/aromatic N) is 1. The third-order valence-electron chi connectivity index (χ3n) is 2.83. The molecular weight excluding hydrogens is 174 g/mol. The van der Waals surface area contributed by atoms with Crippen LogP contribution in [-0.4, -0.2) is 43.5 Å². The number of piperidine rings is 1. The van der Waals surface area contributed by atoms with Gasteiger partial charge in [0.1, 0.15) is 0 Å². The van der Waals surface area contributed by atoms with E-state index in [1.165, 1.54) is 0 Å². The molecule has 0 unspecified atom stereocenters. The lowest BCUT2D eigenvalue weighted by Gasteiger charge is -2.40. The summed E-state index contributed by atoms with van der Waals surface area (Å²) in [5.74, 6) is 0. The first-order chi connectivity index (χ1) is 6.10. The first kappa shape index (κ1) is 10.9. The molecule has 0 atom stereocenters. The Morgan fingerprint density at radius 3 is 2.31 bits per heavy atom. The summed E-state index contributed by atoms with van der Waals surface area (Å²) in [6, 6.07) is 0. The molecule has 1 N–H and O–H groups in total. The number of rotatable bonds is 3. The van der Waals surface area contributed by atoms with E-state index in [-0.39, 0.29) is 0 Å². The van der Waals surface area contributed by atoms with E-state index >= 15 is 0 Å². The topological polar surface area (TPSA) is 15.3 Å². The zero-order valence-corrected chi connectivity index (χ0v) is 8.32. The molecule has 1 rings (SSSR count). The lowest BCUT2D eigenvalue weighted by Crippen LogP contribution is -2.57. The van der Waals surface area contributed by atoms with Gasteiger partial charge in [-0.2, -0.15) is 0 Å². The molecule has 0 amide bonds. The zero-order chi connectivity index (χ0) is 9.90. The molecule has 0 aromatic rings. The fourth-order valence-electron chi connectivity index (χ4n) is 1.84. The van der Waals surface area contributed by atoms with Gasteiger partial charge in [-0.3, -0.25) is 0 Å². The van der Waals surface area contributed by atoms with Crippen LogP contribution in [0.4, 0.5) is 8.78 Å². The highest BCUT2D eigenvalue weighted by molar-refractivity contribution is 4.94. The second-order valence-electron chi connectivity index (χ2n) is 3.79. The van der Waals surface area contributed by atoms with E-state index in [1.54, 1.807) is 0 Å². The van der Waals surface area contributed by atoms with Crippen LogP contribution in [0.1, 0.15) is 19.8 Å². The van der Waals surface area contributed by atoms with Gasteiger partial charge in [-0.1, -0.05) is 6.92 Å². The molecule has 4 heteroatoms. The van der Waals surface area contributed by atoms with Gasteiger partial charge in [0.15, 0.2) is 0 Å². The maximum atomic E-state index is 12.8. The van der Waals surface area contributed by atoms with E-state index in [1.807, 2.05) is 14.0 Å². The van der Waals surface area contributed by atoms with Crippen molar-refractivity contribution in [2.24, 2.45) is 0 Å². The standard InChI is InChI=1S/C9H18F2N2/c1-3-12-9(8(10)11)4-6-13(2)7-5-9/h8,12H,3-7H2,1-2H3. The van der Waals surface area contributed by atoms with Crippen molar-refractivity contribution in [1.29, 1.82) is 0 Å². The molecule has 2 nitrogen and oxygen atoms in total. The smallest absolute Gasteiger partial charge is 0.256 e. The predicted molar refractivity (Wildman–Crippen MR) is 49.1 cm³/mol. The third kappa shape index (κ3) is 2.38. The Bertz CT molecular complexity index is 154. The Kier molecular flexibility index (Phi) is 3.62. The van der Waals surface area contributed by atoms with E-state index in [9.17, 15) is 8.78 Å². The van der Waals surface area contributed by atoms with Gasteiger partial charge in [0.05, 0.1) is 5.54 Å². The normalized spacial score (nSPS) is 23.8. The van der Waals surface area contributed by atoms with Gasteiger partial charge in [-0.15, -0.1) is 0 Å². The van der Waals surface area contributed by atoms with Crippen LogP contribution < -0.4 is 5.32 Å². The molecule has 0 bridgehead atoms. The van der Waals surface area contributed by atoms with Gasteiger partial charge >= 0.3 is 0 Å². The summed E-state index contributed by atoms with van der Waals surface area (Å²) < 4.78 is 25.6. The van der Waals surface area contributed by atoms with Gasteiger partial charge < -0.3 is 10.2 Å². The number of halogens is 2. The number of nitrogens with one attached hydrogen (secondary N) is 1. The highest BCUT2D eigenvalue weighted by Gasteiger charge is 2.41. The number of hydrogen-bond donors (Lipinski definition) is 1. The largest absolute Gasteiger partial charge is 0.307 e. The fourth-order valence-corrected chi connectivity index (χ4v) is 1.84. The molecule has 0 saturated carbocycles. The predicted octanol–water partition coefficient (Wildman–Crippen LogP) is 1.33. The van der Waals surface area contributed by atoms with Crippen molar-refractivity contribution in [2.45, 2.75) is 31.7 Å². The Labute approximate surface area is 78.3 Å². The highest BCUT2D eigenvalue weighted by Crippen LogP contribution is 2.27. The number of hydrogen-bond acceptors (Lipinski definition) is 2. The van der Waals surface area contributed by atoms with Gasteiger partial charge in [-0.25, -0.2) is 8.78 Å². The second-order valence-corrected chi connectivity index (χ2v) is 3.79. The van der Waals surface area contributed by atoms with E-state index in [2.05, 4.69) is 10.2 Å². The molecule has 0 aromatic carbocycles. The van der Waals surface area contributed by atoms with Crippen LogP contribution in [0.15, 0.2) is 0 Å². The Morgan fingerprint density at radius 1 is 1.38 bits per heavy atom. The van der Waals surface area contributed by atoms with Gasteiger partial charge in [-0.05, 0) is 39.5 Å². The van der Waals surface area contributed by atoms with Gasteiger partial charge in [0.25, 0.3) is 6.43 Å². The molecule has 1 aliphatic heterocycles. The molecule has 1 fully saturated rings. The summed E-state index contributed by atoms with van der Waals surface area (Å²) >= 11 is 0. The van der Waals surface area contributed by atoms with Crippen molar-refractivity contribution < 1.29 is 8.78 Å². The lowest BCUT2D eigenvalue weighted by atomic mass is 9.88.